The zero-order valence-electron chi connectivity index (χ0n) is 14.7. The van der Waals surface area contributed by atoms with Crippen molar-refractivity contribution in [3.63, 3.8) is 0 Å². The standard InChI is InChI=1S/C21H20ClN3O/c1-25(2)20-12-10-18(11-13-20)23-17-6-8-19(9-7-17)24-21(26)15-4-3-5-16(22)14-15/h3-14,23H,1-2H3,(H,24,26). The third-order valence-electron chi connectivity index (χ3n) is 3.90. The highest BCUT2D eigenvalue weighted by Gasteiger charge is 2.06. The quantitative estimate of drug-likeness (QED) is 0.636. The highest BCUT2D eigenvalue weighted by atomic mass is 35.5. The molecule has 1 amide bonds. The predicted molar refractivity (Wildman–Crippen MR) is 110 cm³/mol. The first-order valence-electron chi connectivity index (χ1n) is 8.23. The average molecular weight is 366 g/mol. The van der Waals surface area contributed by atoms with Crippen molar-refractivity contribution in [2.75, 3.05) is 29.6 Å². The van der Waals surface area contributed by atoms with E-state index in [4.69, 9.17) is 11.6 Å². The number of hydrogen-bond acceptors (Lipinski definition) is 3. The van der Waals surface area contributed by atoms with Crippen LogP contribution in [0.2, 0.25) is 5.02 Å². The van der Waals surface area contributed by atoms with Crippen LogP contribution in [0.5, 0.6) is 0 Å². The van der Waals surface area contributed by atoms with E-state index in [-0.39, 0.29) is 5.91 Å². The molecular formula is C21H20ClN3O. The van der Waals surface area contributed by atoms with E-state index in [0.717, 1.165) is 22.7 Å². The molecule has 26 heavy (non-hydrogen) atoms. The third-order valence-corrected chi connectivity index (χ3v) is 4.14. The van der Waals surface area contributed by atoms with Gasteiger partial charge < -0.3 is 15.5 Å². The fraction of sp³-hybridized carbons (Fsp3) is 0.0952. The second kappa shape index (κ2) is 7.93. The van der Waals surface area contributed by atoms with E-state index in [1.54, 1.807) is 24.3 Å². The van der Waals surface area contributed by atoms with E-state index in [9.17, 15) is 4.79 Å². The molecule has 0 saturated heterocycles. The first-order valence-corrected chi connectivity index (χ1v) is 8.60. The summed E-state index contributed by atoms with van der Waals surface area (Å²) >= 11 is 5.93. The molecule has 0 saturated carbocycles. The number of rotatable bonds is 5. The van der Waals surface area contributed by atoms with Crippen molar-refractivity contribution in [3.05, 3.63) is 83.4 Å². The van der Waals surface area contributed by atoms with Gasteiger partial charge in [0.05, 0.1) is 0 Å². The van der Waals surface area contributed by atoms with Gasteiger partial charge in [0, 0.05) is 47.4 Å². The highest BCUT2D eigenvalue weighted by molar-refractivity contribution is 6.31. The van der Waals surface area contributed by atoms with E-state index in [1.807, 2.05) is 50.5 Å². The fourth-order valence-electron chi connectivity index (χ4n) is 2.48. The summed E-state index contributed by atoms with van der Waals surface area (Å²) in [4.78, 5) is 14.3. The lowest BCUT2D eigenvalue weighted by Gasteiger charge is -2.13. The number of halogens is 1. The zero-order valence-corrected chi connectivity index (χ0v) is 15.4. The third kappa shape index (κ3) is 4.55. The molecule has 4 nitrogen and oxygen atoms in total. The molecule has 132 valence electrons. The summed E-state index contributed by atoms with van der Waals surface area (Å²) in [5.74, 6) is -0.188. The minimum atomic E-state index is -0.188. The second-order valence-electron chi connectivity index (χ2n) is 6.11. The molecular weight excluding hydrogens is 346 g/mol. The lowest BCUT2D eigenvalue weighted by Crippen LogP contribution is -2.11. The summed E-state index contributed by atoms with van der Waals surface area (Å²) in [6.07, 6.45) is 0. The maximum absolute atomic E-state index is 12.2. The Morgan fingerprint density at radius 3 is 2.00 bits per heavy atom. The number of anilines is 4. The molecule has 0 fully saturated rings. The molecule has 0 heterocycles. The van der Waals surface area contributed by atoms with Crippen molar-refractivity contribution >= 4 is 40.3 Å². The molecule has 0 aliphatic carbocycles. The number of nitrogens with one attached hydrogen (secondary N) is 2. The van der Waals surface area contributed by atoms with Crippen LogP contribution >= 0.6 is 11.6 Å². The summed E-state index contributed by atoms with van der Waals surface area (Å²) in [7, 11) is 4.03. The Morgan fingerprint density at radius 1 is 0.846 bits per heavy atom. The molecule has 0 aliphatic rings. The summed E-state index contributed by atoms with van der Waals surface area (Å²) in [5.41, 5.74) is 4.36. The molecule has 3 rings (SSSR count). The van der Waals surface area contributed by atoms with Crippen molar-refractivity contribution < 1.29 is 4.79 Å². The first kappa shape index (κ1) is 17.8. The van der Waals surface area contributed by atoms with Crippen LogP contribution < -0.4 is 15.5 Å². The van der Waals surface area contributed by atoms with Crippen molar-refractivity contribution in [2.45, 2.75) is 0 Å². The number of hydrogen-bond donors (Lipinski definition) is 2. The van der Waals surface area contributed by atoms with Crippen LogP contribution in [0, 0.1) is 0 Å². The van der Waals surface area contributed by atoms with E-state index in [1.165, 1.54) is 0 Å². The summed E-state index contributed by atoms with van der Waals surface area (Å²) in [6.45, 7) is 0. The van der Waals surface area contributed by atoms with Crippen LogP contribution in [-0.4, -0.2) is 20.0 Å². The number of carbonyl (C=O) groups is 1. The maximum atomic E-state index is 12.2. The molecule has 0 bridgehead atoms. The SMILES string of the molecule is CN(C)c1ccc(Nc2ccc(NC(=O)c3cccc(Cl)c3)cc2)cc1. The number of benzene rings is 3. The highest BCUT2D eigenvalue weighted by Crippen LogP contribution is 2.22. The van der Waals surface area contributed by atoms with Gasteiger partial charge in [0.15, 0.2) is 0 Å². The van der Waals surface area contributed by atoms with Crippen molar-refractivity contribution in [3.8, 4) is 0 Å². The average Bonchev–Trinajstić information content (AvgIpc) is 2.64. The van der Waals surface area contributed by atoms with E-state index < -0.39 is 0 Å². The number of nitrogens with zero attached hydrogens (tertiary/aromatic N) is 1. The summed E-state index contributed by atoms with van der Waals surface area (Å²) in [5, 5.41) is 6.75. The minimum absolute atomic E-state index is 0.188. The monoisotopic (exact) mass is 365 g/mol. The Labute approximate surface area is 158 Å². The van der Waals surface area contributed by atoms with Gasteiger partial charge in [-0.15, -0.1) is 0 Å². The lowest BCUT2D eigenvalue weighted by atomic mass is 10.2. The lowest BCUT2D eigenvalue weighted by molar-refractivity contribution is 0.102. The molecule has 5 heteroatoms. The fourth-order valence-corrected chi connectivity index (χ4v) is 2.67. The van der Waals surface area contributed by atoms with Crippen molar-refractivity contribution in [1.29, 1.82) is 0 Å². The van der Waals surface area contributed by atoms with Crippen LogP contribution in [0.15, 0.2) is 72.8 Å². The minimum Gasteiger partial charge on any atom is -0.378 e. The van der Waals surface area contributed by atoms with Crippen LogP contribution in [0.1, 0.15) is 10.4 Å². The Hall–Kier alpha value is -2.98. The second-order valence-corrected chi connectivity index (χ2v) is 6.54. The van der Waals surface area contributed by atoms with Crippen molar-refractivity contribution in [2.24, 2.45) is 0 Å². The van der Waals surface area contributed by atoms with E-state index >= 15 is 0 Å². The zero-order chi connectivity index (χ0) is 18.5. The van der Waals surface area contributed by atoms with Crippen LogP contribution in [-0.2, 0) is 0 Å². The van der Waals surface area contributed by atoms with Gasteiger partial charge in [-0.25, -0.2) is 0 Å². The topological polar surface area (TPSA) is 44.4 Å². The molecule has 3 aromatic carbocycles. The Bertz CT molecular complexity index is 890. The molecule has 0 spiro atoms. The molecule has 0 unspecified atom stereocenters. The van der Waals surface area contributed by atoms with Gasteiger partial charge in [-0.05, 0) is 66.7 Å². The Kier molecular flexibility index (Phi) is 5.44. The van der Waals surface area contributed by atoms with Gasteiger partial charge >= 0.3 is 0 Å². The van der Waals surface area contributed by atoms with Gasteiger partial charge in [-0.2, -0.15) is 0 Å². The van der Waals surface area contributed by atoms with Crippen LogP contribution in [0.4, 0.5) is 22.7 Å². The van der Waals surface area contributed by atoms with Crippen LogP contribution in [0.25, 0.3) is 0 Å². The van der Waals surface area contributed by atoms with Crippen LogP contribution in [0.3, 0.4) is 0 Å². The smallest absolute Gasteiger partial charge is 0.255 e. The number of carbonyl (C=O) groups excluding carboxylic acids is 1. The largest absolute Gasteiger partial charge is 0.378 e. The van der Waals surface area contributed by atoms with Crippen molar-refractivity contribution in [1.82, 2.24) is 0 Å². The molecule has 2 N–H and O–H groups in total. The maximum Gasteiger partial charge on any atom is 0.255 e. The normalized spacial score (nSPS) is 10.3. The molecule has 0 aromatic heterocycles. The molecule has 0 radical (unpaired) electrons. The molecule has 3 aromatic rings. The van der Waals surface area contributed by atoms with Gasteiger partial charge in [0.25, 0.3) is 5.91 Å². The Morgan fingerprint density at radius 2 is 1.42 bits per heavy atom. The van der Waals surface area contributed by atoms with Gasteiger partial charge in [0.2, 0.25) is 0 Å². The van der Waals surface area contributed by atoms with Gasteiger partial charge in [-0.1, -0.05) is 17.7 Å². The summed E-state index contributed by atoms with van der Waals surface area (Å²) < 4.78 is 0. The van der Waals surface area contributed by atoms with E-state index in [2.05, 4.69) is 27.7 Å². The first-order chi connectivity index (χ1) is 12.5. The predicted octanol–water partition coefficient (Wildman–Crippen LogP) is 5.40. The van der Waals surface area contributed by atoms with E-state index in [0.29, 0.717) is 10.6 Å². The molecule has 0 atom stereocenters. The van der Waals surface area contributed by atoms with Gasteiger partial charge in [0.1, 0.15) is 0 Å². The summed E-state index contributed by atoms with van der Waals surface area (Å²) in [6, 6.07) is 22.6. The van der Waals surface area contributed by atoms with Gasteiger partial charge in [-0.3, -0.25) is 4.79 Å². The molecule has 0 aliphatic heterocycles. The Balaban J connectivity index is 1.64. The number of amides is 1.